The highest BCUT2D eigenvalue weighted by Crippen LogP contribution is 2.22. The molecule has 1 aliphatic rings. The second-order valence-corrected chi connectivity index (χ2v) is 5.29. The molecular formula is C13H27N3O. The van der Waals surface area contributed by atoms with Crippen molar-refractivity contribution in [3.8, 4) is 0 Å². The van der Waals surface area contributed by atoms with Crippen molar-refractivity contribution < 1.29 is 4.79 Å². The highest BCUT2D eigenvalue weighted by Gasteiger charge is 2.33. The van der Waals surface area contributed by atoms with E-state index >= 15 is 0 Å². The van der Waals surface area contributed by atoms with Gasteiger partial charge in [-0.1, -0.05) is 6.42 Å². The summed E-state index contributed by atoms with van der Waals surface area (Å²) < 4.78 is 0. The molecule has 100 valence electrons. The van der Waals surface area contributed by atoms with E-state index in [4.69, 9.17) is 0 Å². The van der Waals surface area contributed by atoms with Crippen LogP contribution in [0.4, 0.5) is 0 Å². The maximum atomic E-state index is 12.1. The average molecular weight is 241 g/mol. The minimum Gasteiger partial charge on any atom is -0.347 e. The van der Waals surface area contributed by atoms with Crippen molar-refractivity contribution in [2.75, 3.05) is 27.7 Å². The van der Waals surface area contributed by atoms with Gasteiger partial charge in [-0.05, 0) is 40.3 Å². The fourth-order valence-electron chi connectivity index (χ4n) is 2.71. The van der Waals surface area contributed by atoms with Crippen molar-refractivity contribution in [3.05, 3.63) is 0 Å². The van der Waals surface area contributed by atoms with Crippen molar-refractivity contribution in [1.29, 1.82) is 0 Å². The predicted molar refractivity (Wildman–Crippen MR) is 71.0 cm³/mol. The molecule has 3 unspecified atom stereocenters. The van der Waals surface area contributed by atoms with Gasteiger partial charge in [-0.3, -0.25) is 9.69 Å². The quantitative estimate of drug-likeness (QED) is 0.795. The fraction of sp³-hybridized carbons (Fsp3) is 0.923. The lowest BCUT2D eigenvalue weighted by Gasteiger charge is -2.42. The lowest BCUT2D eigenvalue weighted by atomic mass is 9.94. The number of likely N-dealkylation sites (N-methyl/N-ethyl adjacent to an activating group) is 2. The van der Waals surface area contributed by atoms with Crippen molar-refractivity contribution >= 4 is 5.91 Å². The molecule has 1 heterocycles. The number of hydrogen-bond acceptors (Lipinski definition) is 3. The van der Waals surface area contributed by atoms with E-state index in [-0.39, 0.29) is 11.9 Å². The molecule has 1 rings (SSSR count). The summed E-state index contributed by atoms with van der Waals surface area (Å²) in [6.45, 7) is 5.27. The molecule has 0 aromatic rings. The number of hydrogen-bond donors (Lipinski definition) is 1. The van der Waals surface area contributed by atoms with Crippen molar-refractivity contribution in [2.24, 2.45) is 0 Å². The van der Waals surface area contributed by atoms with Gasteiger partial charge in [0, 0.05) is 26.2 Å². The summed E-state index contributed by atoms with van der Waals surface area (Å²) in [5.41, 5.74) is 0. The van der Waals surface area contributed by atoms with Crippen molar-refractivity contribution in [2.45, 2.75) is 51.2 Å². The fourth-order valence-corrected chi connectivity index (χ4v) is 2.71. The number of rotatable bonds is 4. The van der Waals surface area contributed by atoms with Gasteiger partial charge in [0.05, 0.1) is 6.04 Å². The van der Waals surface area contributed by atoms with Gasteiger partial charge in [-0.15, -0.1) is 0 Å². The Bertz CT molecular complexity index is 255. The summed E-state index contributed by atoms with van der Waals surface area (Å²) in [7, 11) is 5.66. The molecule has 3 atom stereocenters. The van der Waals surface area contributed by atoms with Gasteiger partial charge in [0.25, 0.3) is 0 Å². The SMILES string of the molecule is CNC(C)C1CCCCN1C(C)C(=O)N(C)C. The van der Waals surface area contributed by atoms with Gasteiger partial charge >= 0.3 is 0 Å². The van der Waals surface area contributed by atoms with Gasteiger partial charge in [0.2, 0.25) is 5.91 Å². The molecule has 4 heteroatoms. The zero-order valence-corrected chi connectivity index (χ0v) is 11.9. The highest BCUT2D eigenvalue weighted by atomic mass is 16.2. The van der Waals surface area contributed by atoms with Crippen LogP contribution in [-0.4, -0.2) is 61.5 Å². The lowest BCUT2D eigenvalue weighted by molar-refractivity contribution is -0.135. The minimum absolute atomic E-state index is 0.00824. The molecule has 4 nitrogen and oxygen atoms in total. The molecule has 17 heavy (non-hydrogen) atoms. The Morgan fingerprint density at radius 3 is 2.53 bits per heavy atom. The van der Waals surface area contributed by atoms with Gasteiger partial charge in [-0.25, -0.2) is 0 Å². The lowest BCUT2D eigenvalue weighted by Crippen LogP contribution is -2.56. The molecule has 1 N–H and O–H groups in total. The van der Waals surface area contributed by atoms with Crippen LogP contribution in [0.5, 0.6) is 0 Å². The molecule has 0 aromatic heterocycles. The zero-order valence-electron chi connectivity index (χ0n) is 11.9. The number of amides is 1. The summed E-state index contributed by atoms with van der Waals surface area (Å²) in [5, 5.41) is 3.32. The maximum Gasteiger partial charge on any atom is 0.239 e. The summed E-state index contributed by atoms with van der Waals surface area (Å²) in [5.74, 6) is 0.209. The molecule has 1 amide bonds. The van der Waals surface area contributed by atoms with Crippen molar-refractivity contribution in [3.63, 3.8) is 0 Å². The Kier molecular flexibility index (Phi) is 5.40. The first-order valence-corrected chi connectivity index (χ1v) is 6.63. The van der Waals surface area contributed by atoms with E-state index < -0.39 is 0 Å². The molecule has 0 spiro atoms. The molecule has 0 bridgehead atoms. The van der Waals surface area contributed by atoms with Gasteiger partial charge in [0.1, 0.15) is 0 Å². The topological polar surface area (TPSA) is 35.6 Å². The number of nitrogens with one attached hydrogen (secondary N) is 1. The van der Waals surface area contributed by atoms with Crippen LogP contribution in [0.25, 0.3) is 0 Å². The first-order chi connectivity index (χ1) is 7.99. The normalized spacial score (nSPS) is 25.4. The third-order valence-corrected chi connectivity index (χ3v) is 3.92. The third-order valence-electron chi connectivity index (χ3n) is 3.92. The Labute approximate surface area is 105 Å². The van der Waals surface area contributed by atoms with E-state index in [1.54, 1.807) is 4.90 Å². The van der Waals surface area contributed by atoms with E-state index in [0.717, 1.165) is 6.54 Å². The second-order valence-electron chi connectivity index (χ2n) is 5.29. The third kappa shape index (κ3) is 3.42. The van der Waals surface area contributed by atoms with Crippen LogP contribution in [0.15, 0.2) is 0 Å². The summed E-state index contributed by atoms with van der Waals surface area (Å²) in [6.07, 6.45) is 3.67. The largest absolute Gasteiger partial charge is 0.347 e. The van der Waals surface area contributed by atoms with Crippen LogP contribution in [0.2, 0.25) is 0 Å². The van der Waals surface area contributed by atoms with Crippen LogP contribution >= 0.6 is 0 Å². The van der Waals surface area contributed by atoms with Crippen LogP contribution < -0.4 is 5.32 Å². The van der Waals surface area contributed by atoms with E-state index in [1.165, 1.54) is 19.3 Å². The van der Waals surface area contributed by atoms with Gasteiger partial charge in [-0.2, -0.15) is 0 Å². The monoisotopic (exact) mass is 241 g/mol. The standard InChI is InChI=1S/C13H27N3O/c1-10(14-3)12-8-6-7-9-16(12)11(2)13(17)15(4)5/h10-12,14H,6-9H2,1-5H3. The Hall–Kier alpha value is -0.610. The molecule has 0 aliphatic carbocycles. The first-order valence-electron chi connectivity index (χ1n) is 6.63. The number of carbonyl (C=O) groups excluding carboxylic acids is 1. The molecule has 1 saturated heterocycles. The van der Waals surface area contributed by atoms with Gasteiger partial charge < -0.3 is 10.2 Å². The van der Waals surface area contributed by atoms with Gasteiger partial charge in [0.15, 0.2) is 0 Å². The average Bonchev–Trinajstić information content (AvgIpc) is 2.35. The molecule has 1 fully saturated rings. The number of carbonyl (C=O) groups is 1. The molecular weight excluding hydrogens is 214 g/mol. The van der Waals surface area contributed by atoms with Crippen LogP contribution in [0, 0.1) is 0 Å². The predicted octanol–water partition coefficient (Wildman–Crippen LogP) is 0.926. The summed E-state index contributed by atoms with van der Waals surface area (Å²) >= 11 is 0. The maximum absolute atomic E-state index is 12.1. The summed E-state index contributed by atoms with van der Waals surface area (Å²) in [6, 6.07) is 0.909. The molecule has 1 aliphatic heterocycles. The van der Waals surface area contributed by atoms with E-state index in [0.29, 0.717) is 12.1 Å². The Morgan fingerprint density at radius 2 is 2.00 bits per heavy atom. The first kappa shape index (κ1) is 14.5. The molecule has 0 aromatic carbocycles. The van der Waals surface area contributed by atoms with E-state index in [2.05, 4.69) is 17.1 Å². The summed E-state index contributed by atoms with van der Waals surface area (Å²) in [4.78, 5) is 16.1. The van der Waals surface area contributed by atoms with Crippen LogP contribution in [0.3, 0.4) is 0 Å². The van der Waals surface area contributed by atoms with Crippen molar-refractivity contribution in [1.82, 2.24) is 15.1 Å². The number of piperidine rings is 1. The number of nitrogens with zero attached hydrogens (tertiary/aromatic N) is 2. The molecule has 0 saturated carbocycles. The van der Waals surface area contributed by atoms with Crippen LogP contribution in [0.1, 0.15) is 33.1 Å². The highest BCUT2D eigenvalue weighted by molar-refractivity contribution is 5.81. The smallest absolute Gasteiger partial charge is 0.239 e. The minimum atomic E-state index is -0.00824. The van der Waals surface area contributed by atoms with Crippen LogP contribution in [-0.2, 0) is 4.79 Å². The van der Waals surface area contributed by atoms with E-state index in [9.17, 15) is 4.79 Å². The number of likely N-dealkylation sites (tertiary alicyclic amines) is 1. The zero-order chi connectivity index (χ0) is 13.0. The second kappa shape index (κ2) is 6.36. The Morgan fingerprint density at radius 1 is 1.35 bits per heavy atom. The van der Waals surface area contributed by atoms with E-state index in [1.807, 2.05) is 28.1 Å². The Balaban J connectivity index is 2.73. The molecule has 0 radical (unpaired) electrons.